The smallest absolute Gasteiger partial charge is 0.271 e. The van der Waals surface area contributed by atoms with E-state index in [1.165, 1.54) is 18.2 Å². The van der Waals surface area contributed by atoms with Crippen molar-refractivity contribution in [1.29, 1.82) is 0 Å². The normalized spacial score (nSPS) is 14.6. The third kappa shape index (κ3) is 2.75. The van der Waals surface area contributed by atoms with Crippen molar-refractivity contribution in [3.8, 4) is 0 Å². The van der Waals surface area contributed by atoms with E-state index >= 15 is 0 Å². The summed E-state index contributed by atoms with van der Waals surface area (Å²) < 4.78 is 0. The van der Waals surface area contributed by atoms with Crippen LogP contribution in [0, 0.1) is 10.1 Å². The molecule has 1 aliphatic rings. The SMILES string of the molecule is O=C1CCC(=O)N1C(=S)Nc1cc([N+](=O)[O-])ccc1Cl. The Kier molecular flexibility index (Phi) is 3.96. The lowest BCUT2D eigenvalue weighted by Crippen LogP contribution is -2.38. The molecule has 20 heavy (non-hydrogen) atoms. The first-order chi connectivity index (χ1) is 9.40. The standard InChI is InChI=1S/C11H8ClN3O4S/c12-7-2-1-6(15(18)19)5-8(7)13-11(20)14-9(16)3-4-10(14)17/h1-2,5H,3-4H2,(H,13,20). The van der Waals surface area contributed by atoms with Gasteiger partial charge in [-0.05, 0) is 18.3 Å². The number of hydrogen-bond acceptors (Lipinski definition) is 5. The van der Waals surface area contributed by atoms with Crippen LogP contribution in [0.1, 0.15) is 12.8 Å². The quantitative estimate of drug-likeness (QED) is 0.389. The number of thiocarbonyl (C=S) groups is 1. The second-order valence-corrected chi connectivity index (χ2v) is 4.77. The number of hydrogen-bond donors (Lipinski definition) is 1. The van der Waals surface area contributed by atoms with Crippen LogP contribution in [0.4, 0.5) is 11.4 Å². The molecular weight excluding hydrogens is 306 g/mol. The van der Waals surface area contributed by atoms with E-state index in [0.29, 0.717) is 0 Å². The molecule has 0 saturated carbocycles. The molecule has 0 atom stereocenters. The molecular formula is C11H8ClN3O4S. The number of nitro benzene ring substituents is 1. The van der Waals surface area contributed by atoms with Crippen LogP contribution in [-0.2, 0) is 9.59 Å². The number of imide groups is 1. The molecule has 2 amide bonds. The summed E-state index contributed by atoms with van der Waals surface area (Å²) in [5, 5.41) is 13.3. The van der Waals surface area contributed by atoms with Crippen molar-refractivity contribution in [2.75, 3.05) is 5.32 Å². The van der Waals surface area contributed by atoms with Crippen LogP contribution in [0.15, 0.2) is 18.2 Å². The highest BCUT2D eigenvalue weighted by Crippen LogP contribution is 2.27. The molecule has 2 rings (SSSR count). The lowest BCUT2D eigenvalue weighted by Gasteiger charge is -2.16. The Bertz CT molecular complexity index is 618. The zero-order chi connectivity index (χ0) is 14.9. The zero-order valence-electron chi connectivity index (χ0n) is 9.96. The van der Waals surface area contributed by atoms with Gasteiger partial charge in [-0.15, -0.1) is 0 Å². The molecule has 0 bridgehead atoms. The van der Waals surface area contributed by atoms with Crippen LogP contribution >= 0.6 is 23.8 Å². The number of benzene rings is 1. The van der Waals surface area contributed by atoms with Gasteiger partial charge in [0.1, 0.15) is 0 Å². The van der Waals surface area contributed by atoms with E-state index in [2.05, 4.69) is 5.32 Å². The van der Waals surface area contributed by atoms with Crippen molar-refractivity contribution in [3.05, 3.63) is 33.3 Å². The van der Waals surface area contributed by atoms with Crippen LogP contribution in [0.3, 0.4) is 0 Å². The minimum absolute atomic E-state index is 0.101. The summed E-state index contributed by atoms with van der Waals surface area (Å²) in [5.74, 6) is -0.817. The molecule has 1 aliphatic heterocycles. The summed E-state index contributed by atoms with van der Waals surface area (Å²) in [4.78, 5) is 34.0. The van der Waals surface area contributed by atoms with E-state index in [1.54, 1.807) is 0 Å². The molecule has 0 unspecified atom stereocenters. The summed E-state index contributed by atoms with van der Waals surface area (Å²) in [7, 11) is 0. The Morgan fingerprint density at radius 1 is 1.35 bits per heavy atom. The van der Waals surface area contributed by atoms with Gasteiger partial charge in [0.15, 0.2) is 5.11 Å². The topological polar surface area (TPSA) is 92.6 Å². The third-order valence-corrected chi connectivity index (χ3v) is 3.27. The number of carbonyl (C=O) groups is 2. The lowest BCUT2D eigenvalue weighted by molar-refractivity contribution is -0.384. The Labute approximate surface area is 123 Å². The van der Waals surface area contributed by atoms with Gasteiger partial charge in [-0.1, -0.05) is 11.6 Å². The van der Waals surface area contributed by atoms with E-state index in [4.69, 9.17) is 23.8 Å². The van der Waals surface area contributed by atoms with Crippen LogP contribution in [0.5, 0.6) is 0 Å². The number of nitro groups is 1. The zero-order valence-corrected chi connectivity index (χ0v) is 11.5. The second kappa shape index (κ2) is 5.51. The van der Waals surface area contributed by atoms with Crippen LogP contribution in [-0.4, -0.2) is 26.8 Å². The van der Waals surface area contributed by atoms with Crippen LogP contribution in [0.25, 0.3) is 0 Å². The minimum Gasteiger partial charge on any atom is -0.330 e. The predicted octanol–water partition coefficient (Wildman–Crippen LogP) is 2.09. The van der Waals surface area contributed by atoms with Crippen LogP contribution < -0.4 is 5.32 Å². The van der Waals surface area contributed by atoms with Crippen molar-refractivity contribution in [2.45, 2.75) is 12.8 Å². The Balaban J connectivity index is 2.23. The molecule has 1 aromatic carbocycles. The van der Waals surface area contributed by atoms with E-state index in [-0.39, 0.29) is 34.4 Å². The lowest BCUT2D eigenvalue weighted by atomic mass is 10.3. The van der Waals surface area contributed by atoms with Gasteiger partial charge in [0.2, 0.25) is 11.8 Å². The molecule has 9 heteroatoms. The fraction of sp³-hybridized carbons (Fsp3) is 0.182. The summed E-state index contributed by atoms with van der Waals surface area (Å²) in [5.41, 5.74) is -0.0165. The summed E-state index contributed by atoms with van der Waals surface area (Å²) in [6.07, 6.45) is 0.201. The predicted molar refractivity (Wildman–Crippen MR) is 75.4 cm³/mol. The number of anilines is 1. The maximum absolute atomic E-state index is 11.5. The Hall–Kier alpha value is -2.06. The summed E-state index contributed by atoms with van der Waals surface area (Å²) >= 11 is 10.9. The molecule has 0 spiro atoms. The highest BCUT2D eigenvalue weighted by atomic mass is 35.5. The number of non-ortho nitro benzene ring substituents is 1. The van der Waals surface area contributed by atoms with E-state index in [9.17, 15) is 19.7 Å². The van der Waals surface area contributed by atoms with Gasteiger partial charge >= 0.3 is 0 Å². The number of rotatable bonds is 2. The maximum atomic E-state index is 11.5. The number of nitrogens with zero attached hydrogens (tertiary/aromatic N) is 2. The van der Waals surface area contributed by atoms with Crippen LogP contribution in [0.2, 0.25) is 5.02 Å². The van der Waals surface area contributed by atoms with Crippen molar-refractivity contribution >= 4 is 52.1 Å². The first-order valence-corrected chi connectivity index (χ1v) is 6.29. The molecule has 104 valence electrons. The van der Waals surface area contributed by atoms with Crippen molar-refractivity contribution in [3.63, 3.8) is 0 Å². The number of halogens is 1. The van der Waals surface area contributed by atoms with E-state index in [0.717, 1.165) is 4.90 Å². The molecule has 1 saturated heterocycles. The minimum atomic E-state index is -0.587. The van der Waals surface area contributed by atoms with Gasteiger partial charge in [0, 0.05) is 25.0 Å². The van der Waals surface area contributed by atoms with Crippen molar-refractivity contribution < 1.29 is 14.5 Å². The molecule has 0 aliphatic carbocycles. The fourth-order valence-electron chi connectivity index (χ4n) is 1.70. The molecule has 0 radical (unpaired) electrons. The molecule has 7 nitrogen and oxygen atoms in total. The van der Waals surface area contributed by atoms with E-state index in [1.807, 2.05) is 0 Å². The summed E-state index contributed by atoms with van der Waals surface area (Å²) in [6, 6.07) is 3.75. The third-order valence-electron chi connectivity index (χ3n) is 2.66. The van der Waals surface area contributed by atoms with Gasteiger partial charge in [-0.3, -0.25) is 19.7 Å². The Morgan fingerprint density at radius 2 is 1.95 bits per heavy atom. The second-order valence-electron chi connectivity index (χ2n) is 3.97. The van der Waals surface area contributed by atoms with Gasteiger partial charge < -0.3 is 5.32 Å². The maximum Gasteiger partial charge on any atom is 0.271 e. The first kappa shape index (κ1) is 14.4. The number of nitrogens with one attached hydrogen (secondary N) is 1. The van der Waals surface area contributed by atoms with Crippen molar-refractivity contribution in [2.24, 2.45) is 0 Å². The molecule has 1 aromatic rings. The summed E-state index contributed by atoms with van der Waals surface area (Å²) in [6.45, 7) is 0. The van der Waals surface area contributed by atoms with Gasteiger partial charge in [-0.2, -0.15) is 0 Å². The average Bonchev–Trinajstić information content (AvgIpc) is 2.71. The fourth-order valence-corrected chi connectivity index (χ4v) is 2.18. The number of carbonyl (C=O) groups excluding carboxylic acids is 2. The molecule has 1 fully saturated rings. The molecule has 0 aromatic heterocycles. The van der Waals surface area contributed by atoms with Crippen molar-refractivity contribution in [1.82, 2.24) is 4.90 Å². The highest BCUT2D eigenvalue weighted by molar-refractivity contribution is 7.80. The highest BCUT2D eigenvalue weighted by Gasteiger charge is 2.32. The van der Waals surface area contributed by atoms with E-state index < -0.39 is 16.7 Å². The number of likely N-dealkylation sites (tertiary alicyclic amines) is 1. The van der Waals surface area contributed by atoms with Gasteiger partial charge in [0.05, 0.1) is 15.6 Å². The molecule has 1 N–H and O–H groups in total. The van der Waals surface area contributed by atoms with Gasteiger partial charge in [-0.25, -0.2) is 4.90 Å². The number of amides is 2. The molecule has 1 heterocycles. The monoisotopic (exact) mass is 313 g/mol. The Morgan fingerprint density at radius 3 is 2.50 bits per heavy atom. The first-order valence-electron chi connectivity index (χ1n) is 5.51. The largest absolute Gasteiger partial charge is 0.330 e. The average molecular weight is 314 g/mol. The van der Waals surface area contributed by atoms with Gasteiger partial charge in [0.25, 0.3) is 5.69 Å².